The Balaban J connectivity index is 2.28. The van der Waals surface area contributed by atoms with Crippen LogP contribution in [0.2, 0.25) is 0 Å². The number of hydrogen-bond donors (Lipinski definition) is 0. The van der Waals surface area contributed by atoms with Gasteiger partial charge in [0.2, 0.25) is 0 Å². The highest BCUT2D eigenvalue weighted by atomic mass is 16.6. The van der Waals surface area contributed by atoms with Crippen LogP contribution in [0.5, 0.6) is 0 Å². The highest BCUT2D eigenvalue weighted by Gasteiger charge is 2.17. The maximum absolute atomic E-state index is 11.1. The van der Waals surface area contributed by atoms with Crippen molar-refractivity contribution >= 4 is 11.4 Å². The van der Waals surface area contributed by atoms with Crippen LogP contribution in [-0.2, 0) is 6.54 Å². The van der Waals surface area contributed by atoms with Gasteiger partial charge >= 0.3 is 0 Å². The summed E-state index contributed by atoms with van der Waals surface area (Å²) in [7, 11) is 1.82. The quantitative estimate of drug-likeness (QED) is 0.624. The van der Waals surface area contributed by atoms with Gasteiger partial charge in [0.15, 0.2) is 0 Å². The minimum atomic E-state index is -0.355. The van der Waals surface area contributed by atoms with Gasteiger partial charge < -0.3 is 9.32 Å². The van der Waals surface area contributed by atoms with Gasteiger partial charge in [0.1, 0.15) is 17.2 Å². The van der Waals surface area contributed by atoms with Crippen LogP contribution in [0, 0.1) is 24.0 Å². The molecule has 1 aromatic carbocycles. The fourth-order valence-electron chi connectivity index (χ4n) is 1.99. The van der Waals surface area contributed by atoms with Crippen molar-refractivity contribution in [2.75, 3.05) is 11.9 Å². The normalized spacial score (nSPS) is 10.5. The molecule has 0 aliphatic heterocycles. The Kier molecular flexibility index (Phi) is 3.55. The lowest BCUT2D eigenvalue weighted by Crippen LogP contribution is -2.17. The summed E-state index contributed by atoms with van der Waals surface area (Å²) in [6.07, 6.45) is 0. The van der Waals surface area contributed by atoms with Gasteiger partial charge in [-0.1, -0.05) is 6.07 Å². The molecule has 0 amide bonds. The standard InChI is InChI=1S/C14H16N2O3/c1-10-4-7-13(14(8-10)16(17)18)15(3)9-12-6-5-11(2)19-12/h4-8H,9H2,1-3H3. The first kappa shape index (κ1) is 13.1. The van der Waals surface area contributed by atoms with E-state index in [9.17, 15) is 10.1 Å². The molecule has 0 fully saturated rings. The van der Waals surface area contributed by atoms with Gasteiger partial charge in [0.25, 0.3) is 5.69 Å². The van der Waals surface area contributed by atoms with E-state index in [4.69, 9.17) is 4.42 Å². The van der Waals surface area contributed by atoms with Crippen molar-refractivity contribution in [3.05, 3.63) is 57.5 Å². The Morgan fingerprint density at radius 3 is 2.58 bits per heavy atom. The van der Waals surface area contributed by atoms with Crippen LogP contribution in [-0.4, -0.2) is 12.0 Å². The van der Waals surface area contributed by atoms with Crippen molar-refractivity contribution < 1.29 is 9.34 Å². The van der Waals surface area contributed by atoms with Crippen LogP contribution in [0.4, 0.5) is 11.4 Å². The van der Waals surface area contributed by atoms with E-state index < -0.39 is 0 Å². The topological polar surface area (TPSA) is 59.5 Å². The molecule has 0 bridgehead atoms. The molecule has 5 nitrogen and oxygen atoms in total. The predicted octanol–water partition coefficient (Wildman–Crippen LogP) is 3.44. The Labute approximate surface area is 111 Å². The van der Waals surface area contributed by atoms with Gasteiger partial charge in [-0.25, -0.2) is 0 Å². The number of furan rings is 1. The van der Waals surface area contributed by atoms with Gasteiger partial charge in [-0.05, 0) is 37.6 Å². The zero-order valence-corrected chi connectivity index (χ0v) is 11.2. The molecule has 0 atom stereocenters. The molecule has 0 aliphatic carbocycles. The number of nitrogens with zero attached hydrogens (tertiary/aromatic N) is 2. The van der Waals surface area contributed by atoms with Gasteiger partial charge in [-0.2, -0.15) is 0 Å². The average molecular weight is 260 g/mol. The highest BCUT2D eigenvalue weighted by molar-refractivity contribution is 5.63. The Morgan fingerprint density at radius 2 is 2.00 bits per heavy atom. The number of anilines is 1. The Morgan fingerprint density at radius 1 is 1.26 bits per heavy atom. The predicted molar refractivity (Wildman–Crippen MR) is 73.4 cm³/mol. The van der Waals surface area contributed by atoms with E-state index in [-0.39, 0.29) is 10.6 Å². The van der Waals surface area contributed by atoms with E-state index in [0.717, 1.165) is 17.1 Å². The van der Waals surface area contributed by atoms with Crippen molar-refractivity contribution in [2.24, 2.45) is 0 Å². The molecule has 0 radical (unpaired) electrons. The van der Waals surface area contributed by atoms with E-state index in [1.54, 1.807) is 12.1 Å². The van der Waals surface area contributed by atoms with Crippen LogP contribution in [0.3, 0.4) is 0 Å². The molecule has 19 heavy (non-hydrogen) atoms. The first-order valence-electron chi connectivity index (χ1n) is 5.99. The SMILES string of the molecule is Cc1ccc(N(C)Cc2ccc(C)o2)c([N+](=O)[O-])c1. The van der Waals surface area contributed by atoms with Crippen LogP contribution < -0.4 is 4.90 Å². The summed E-state index contributed by atoms with van der Waals surface area (Å²) in [6.45, 7) is 4.21. The third kappa shape index (κ3) is 2.93. The number of benzene rings is 1. The fraction of sp³-hybridized carbons (Fsp3) is 0.286. The maximum Gasteiger partial charge on any atom is 0.292 e. The summed E-state index contributed by atoms with van der Waals surface area (Å²) in [5, 5.41) is 11.1. The number of aryl methyl sites for hydroxylation is 2. The largest absolute Gasteiger partial charge is 0.464 e. The van der Waals surface area contributed by atoms with Crippen LogP contribution >= 0.6 is 0 Å². The van der Waals surface area contributed by atoms with E-state index in [1.165, 1.54) is 0 Å². The highest BCUT2D eigenvalue weighted by Crippen LogP contribution is 2.29. The number of hydrogen-bond acceptors (Lipinski definition) is 4. The van der Waals surface area contributed by atoms with Crippen molar-refractivity contribution in [2.45, 2.75) is 20.4 Å². The molecule has 100 valence electrons. The average Bonchev–Trinajstić information content (AvgIpc) is 2.74. The molecule has 1 heterocycles. The van der Waals surface area contributed by atoms with Crippen LogP contribution in [0.25, 0.3) is 0 Å². The third-order valence-corrected chi connectivity index (χ3v) is 2.93. The van der Waals surface area contributed by atoms with Crippen LogP contribution in [0.1, 0.15) is 17.1 Å². The minimum absolute atomic E-state index is 0.116. The second kappa shape index (κ2) is 5.14. The van der Waals surface area contributed by atoms with Gasteiger partial charge in [-0.3, -0.25) is 10.1 Å². The lowest BCUT2D eigenvalue weighted by atomic mass is 10.2. The number of nitro benzene ring substituents is 1. The molecular weight excluding hydrogens is 244 g/mol. The molecule has 0 saturated heterocycles. The molecule has 0 N–H and O–H groups in total. The lowest BCUT2D eigenvalue weighted by molar-refractivity contribution is -0.384. The summed E-state index contributed by atoms with van der Waals surface area (Å²) in [6, 6.07) is 8.98. The molecule has 1 aromatic heterocycles. The van der Waals surface area contributed by atoms with Crippen molar-refractivity contribution in [1.82, 2.24) is 0 Å². The summed E-state index contributed by atoms with van der Waals surface area (Å²) in [4.78, 5) is 12.6. The molecule has 0 saturated carbocycles. The van der Waals surface area contributed by atoms with Crippen molar-refractivity contribution in [3.63, 3.8) is 0 Å². The lowest BCUT2D eigenvalue weighted by Gasteiger charge is -2.18. The summed E-state index contributed by atoms with van der Waals surface area (Å²) >= 11 is 0. The molecule has 2 aromatic rings. The fourth-order valence-corrected chi connectivity index (χ4v) is 1.99. The smallest absolute Gasteiger partial charge is 0.292 e. The maximum atomic E-state index is 11.1. The second-order valence-corrected chi connectivity index (χ2v) is 4.62. The monoisotopic (exact) mass is 260 g/mol. The van der Waals surface area contributed by atoms with Gasteiger partial charge in [-0.15, -0.1) is 0 Å². The molecule has 0 unspecified atom stereocenters. The minimum Gasteiger partial charge on any atom is -0.464 e. The Bertz CT molecular complexity index is 604. The van der Waals surface area contributed by atoms with E-state index in [0.29, 0.717) is 12.2 Å². The first-order chi connectivity index (χ1) is 8.97. The second-order valence-electron chi connectivity index (χ2n) is 4.62. The van der Waals surface area contributed by atoms with E-state index in [1.807, 2.05) is 44.0 Å². The number of rotatable bonds is 4. The van der Waals surface area contributed by atoms with E-state index >= 15 is 0 Å². The van der Waals surface area contributed by atoms with Crippen molar-refractivity contribution in [1.29, 1.82) is 0 Å². The Hall–Kier alpha value is -2.30. The summed E-state index contributed by atoms with van der Waals surface area (Å²) < 4.78 is 5.49. The zero-order valence-electron chi connectivity index (χ0n) is 11.2. The molecule has 0 aliphatic rings. The molecular formula is C14H16N2O3. The summed E-state index contributed by atoms with van der Waals surface area (Å²) in [5.41, 5.74) is 1.58. The zero-order chi connectivity index (χ0) is 14.0. The summed E-state index contributed by atoms with van der Waals surface area (Å²) in [5.74, 6) is 1.62. The number of nitro groups is 1. The van der Waals surface area contributed by atoms with E-state index in [2.05, 4.69) is 0 Å². The first-order valence-corrected chi connectivity index (χ1v) is 5.99. The van der Waals surface area contributed by atoms with Crippen molar-refractivity contribution in [3.8, 4) is 0 Å². The third-order valence-electron chi connectivity index (χ3n) is 2.93. The van der Waals surface area contributed by atoms with Crippen LogP contribution in [0.15, 0.2) is 34.7 Å². The molecule has 2 rings (SSSR count). The van der Waals surface area contributed by atoms with Gasteiger partial charge in [0.05, 0.1) is 11.5 Å². The molecule has 5 heteroatoms. The molecule has 0 spiro atoms. The van der Waals surface area contributed by atoms with Gasteiger partial charge in [0, 0.05) is 13.1 Å².